The second-order valence-corrected chi connectivity index (χ2v) is 7.75. The van der Waals surface area contributed by atoms with Gasteiger partial charge in [-0.25, -0.2) is 5.43 Å². The minimum atomic E-state index is -0.179. The van der Waals surface area contributed by atoms with E-state index in [0.717, 1.165) is 25.1 Å². The smallest absolute Gasteiger partial charge is 0.239 e. The van der Waals surface area contributed by atoms with Gasteiger partial charge in [0.15, 0.2) is 0 Å². The summed E-state index contributed by atoms with van der Waals surface area (Å²) < 4.78 is 0. The molecule has 4 unspecified atom stereocenters. The molecule has 0 spiro atoms. The van der Waals surface area contributed by atoms with Gasteiger partial charge in [0.25, 0.3) is 0 Å². The van der Waals surface area contributed by atoms with Crippen LogP contribution in [0.3, 0.4) is 0 Å². The highest BCUT2D eigenvalue weighted by Gasteiger charge is 2.42. The number of benzene rings is 1. The van der Waals surface area contributed by atoms with Crippen LogP contribution >= 0.6 is 0 Å². The van der Waals surface area contributed by atoms with E-state index in [1.165, 1.54) is 0 Å². The van der Waals surface area contributed by atoms with Gasteiger partial charge in [-0.1, -0.05) is 51.1 Å². The van der Waals surface area contributed by atoms with Crippen LogP contribution in [0.5, 0.6) is 0 Å². The molecule has 1 aromatic carbocycles. The first kappa shape index (κ1) is 16.4. The Bertz CT molecular complexity index is 540. The summed E-state index contributed by atoms with van der Waals surface area (Å²) in [7, 11) is 0. The number of carbonyl (C=O) groups excluding carboxylic acids is 1. The zero-order chi connectivity index (χ0) is 16.4. The first-order chi connectivity index (χ1) is 11.0. The zero-order valence-electron chi connectivity index (χ0n) is 14.2. The van der Waals surface area contributed by atoms with Crippen LogP contribution in [0.15, 0.2) is 30.3 Å². The zero-order valence-corrected chi connectivity index (χ0v) is 14.2. The largest absolute Gasteiger partial charge is 0.347 e. The van der Waals surface area contributed by atoms with Gasteiger partial charge >= 0.3 is 0 Å². The Morgan fingerprint density at radius 2 is 1.96 bits per heavy atom. The van der Waals surface area contributed by atoms with Crippen molar-refractivity contribution in [3.63, 3.8) is 0 Å². The van der Waals surface area contributed by atoms with Crippen LogP contribution in [0.4, 0.5) is 0 Å². The molecule has 4 N–H and O–H groups in total. The molecule has 0 aliphatic carbocycles. The van der Waals surface area contributed by atoms with Crippen molar-refractivity contribution in [3.05, 3.63) is 35.9 Å². The number of rotatable bonds is 3. The topological polar surface area (TPSA) is 65.2 Å². The van der Waals surface area contributed by atoms with E-state index in [1.54, 1.807) is 0 Å². The van der Waals surface area contributed by atoms with E-state index in [1.807, 2.05) is 18.2 Å². The third-order valence-corrected chi connectivity index (χ3v) is 4.95. The Hall–Kier alpha value is -1.43. The summed E-state index contributed by atoms with van der Waals surface area (Å²) in [5.41, 5.74) is 7.60. The second-order valence-electron chi connectivity index (χ2n) is 7.75. The fourth-order valence-electron chi connectivity index (χ4n) is 3.65. The molecule has 2 fully saturated rings. The first-order valence-corrected chi connectivity index (χ1v) is 8.54. The summed E-state index contributed by atoms with van der Waals surface area (Å²) in [6, 6.07) is 10.4. The molecule has 0 radical (unpaired) electrons. The molecule has 0 saturated carbocycles. The molecule has 2 aliphatic heterocycles. The summed E-state index contributed by atoms with van der Waals surface area (Å²) in [5.74, 6) is 0.387. The van der Waals surface area contributed by atoms with E-state index in [-0.39, 0.29) is 23.4 Å². The van der Waals surface area contributed by atoms with Crippen LogP contribution in [-0.4, -0.2) is 31.1 Å². The van der Waals surface area contributed by atoms with Crippen molar-refractivity contribution in [2.45, 2.75) is 45.3 Å². The lowest BCUT2D eigenvalue weighted by molar-refractivity contribution is -0.125. The van der Waals surface area contributed by atoms with Gasteiger partial charge in [-0.2, -0.15) is 0 Å². The lowest BCUT2D eigenvalue weighted by atomic mass is 9.81. The van der Waals surface area contributed by atoms with Gasteiger partial charge in [0.1, 0.15) is 6.04 Å². The molecule has 5 heteroatoms. The van der Waals surface area contributed by atoms with Crippen LogP contribution in [0.25, 0.3) is 0 Å². The molecule has 23 heavy (non-hydrogen) atoms. The highest BCUT2D eigenvalue weighted by Crippen LogP contribution is 2.33. The van der Waals surface area contributed by atoms with Crippen molar-refractivity contribution in [1.29, 1.82) is 0 Å². The number of amides is 1. The molecule has 2 aliphatic rings. The molecule has 2 heterocycles. The Morgan fingerprint density at radius 1 is 1.22 bits per heavy atom. The molecule has 1 aromatic rings. The molecule has 4 atom stereocenters. The molecule has 0 bridgehead atoms. The van der Waals surface area contributed by atoms with Crippen molar-refractivity contribution in [2.75, 3.05) is 13.1 Å². The number of hydrogen-bond acceptors (Lipinski definition) is 4. The normalized spacial score (nSPS) is 28.9. The van der Waals surface area contributed by atoms with E-state index in [2.05, 4.69) is 54.4 Å². The molecule has 3 rings (SSSR count). The van der Waals surface area contributed by atoms with Gasteiger partial charge in [-0.05, 0) is 23.9 Å². The molecule has 1 amide bonds. The highest BCUT2D eigenvalue weighted by molar-refractivity contribution is 5.83. The summed E-state index contributed by atoms with van der Waals surface area (Å²) in [5, 5.41) is 6.68. The van der Waals surface area contributed by atoms with E-state index in [9.17, 15) is 4.79 Å². The average molecular weight is 316 g/mol. The monoisotopic (exact) mass is 316 g/mol. The van der Waals surface area contributed by atoms with Crippen molar-refractivity contribution in [3.8, 4) is 0 Å². The average Bonchev–Trinajstić information content (AvgIpc) is 2.96. The summed E-state index contributed by atoms with van der Waals surface area (Å²) in [4.78, 5) is 12.9. The minimum Gasteiger partial charge on any atom is -0.347 e. The lowest BCUT2D eigenvalue weighted by Gasteiger charge is -2.34. The highest BCUT2D eigenvalue weighted by atomic mass is 16.2. The lowest BCUT2D eigenvalue weighted by Crippen LogP contribution is -2.51. The van der Waals surface area contributed by atoms with Crippen LogP contribution < -0.4 is 21.5 Å². The van der Waals surface area contributed by atoms with Gasteiger partial charge in [0.2, 0.25) is 5.91 Å². The summed E-state index contributed by atoms with van der Waals surface area (Å²) in [6.07, 6.45) is 1.06. The number of hydrogen-bond donors (Lipinski definition) is 4. The third kappa shape index (κ3) is 3.57. The van der Waals surface area contributed by atoms with Gasteiger partial charge in [0.05, 0.1) is 6.04 Å². The third-order valence-electron chi connectivity index (χ3n) is 4.95. The molecular weight excluding hydrogens is 288 g/mol. The van der Waals surface area contributed by atoms with Gasteiger partial charge in [0, 0.05) is 18.5 Å². The van der Waals surface area contributed by atoms with Gasteiger partial charge < -0.3 is 10.6 Å². The molecule has 2 saturated heterocycles. The maximum absolute atomic E-state index is 12.9. The van der Waals surface area contributed by atoms with E-state index in [4.69, 9.17) is 0 Å². The Balaban J connectivity index is 1.74. The van der Waals surface area contributed by atoms with E-state index >= 15 is 0 Å². The van der Waals surface area contributed by atoms with Crippen LogP contribution in [-0.2, 0) is 4.79 Å². The predicted molar refractivity (Wildman–Crippen MR) is 91.6 cm³/mol. The minimum absolute atomic E-state index is 0.00593. The standard InChI is InChI=1S/C18H28N4O/c1-18(2,3)16(12-7-5-4-6-8-12)20-17(23)15-13-11-19-10-9-14(13)21-22-15/h4-8,13-16,19,21-22H,9-11H2,1-3H3,(H,20,23). The van der Waals surface area contributed by atoms with Crippen molar-refractivity contribution >= 4 is 5.91 Å². The number of nitrogens with one attached hydrogen (secondary N) is 4. The maximum Gasteiger partial charge on any atom is 0.239 e. The van der Waals surface area contributed by atoms with Crippen LogP contribution in [0.1, 0.15) is 38.8 Å². The first-order valence-electron chi connectivity index (χ1n) is 8.54. The molecular formula is C18H28N4O. The molecule has 0 aromatic heterocycles. The number of carbonyl (C=O) groups is 1. The fraction of sp³-hybridized carbons (Fsp3) is 0.611. The number of piperidine rings is 1. The predicted octanol–water partition coefficient (Wildman–Crippen LogP) is 1.34. The van der Waals surface area contributed by atoms with Crippen molar-refractivity contribution < 1.29 is 4.79 Å². The number of hydrazine groups is 1. The Labute approximate surface area is 138 Å². The maximum atomic E-state index is 12.9. The Kier molecular flexibility index (Phi) is 4.71. The van der Waals surface area contributed by atoms with E-state index in [0.29, 0.717) is 12.0 Å². The summed E-state index contributed by atoms with van der Waals surface area (Å²) in [6.45, 7) is 8.38. The van der Waals surface area contributed by atoms with Crippen LogP contribution in [0.2, 0.25) is 0 Å². The van der Waals surface area contributed by atoms with E-state index < -0.39 is 0 Å². The SMILES string of the molecule is CC(C)(C)C(NC(=O)C1NNC2CCNCC21)c1ccccc1. The molecule has 126 valence electrons. The van der Waals surface area contributed by atoms with Crippen molar-refractivity contribution in [1.82, 2.24) is 21.5 Å². The van der Waals surface area contributed by atoms with Crippen LogP contribution in [0, 0.1) is 11.3 Å². The summed E-state index contributed by atoms with van der Waals surface area (Å²) >= 11 is 0. The van der Waals surface area contributed by atoms with Gasteiger partial charge in [-0.15, -0.1) is 0 Å². The second kappa shape index (κ2) is 6.59. The van der Waals surface area contributed by atoms with Crippen molar-refractivity contribution in [2.24, 2.45) is 11.3 Å². The fourth-order valence-corrected chi connectivity index (χ4v) is 3.65. The molecule has 5 nitrogen and oxygen atoms in total. The van der Waals surface area contributed by atoms with Gasteiger partial charge in [-0.3, -0.25) is 10.2 Å². The Morgan fingerprint density at radius 3 is 2.65 bits per heavy atom. The number of fused-ring (bicyclic) bond motifs is 1. The quantitative estimate of drug-likeness (QED) is 0.680.